The summed E-state index contributed by atoms with van der Waals surface area (Å²) in [5.41, 5.74) is -0.228. The van der Waals surface area contributed by atoms with Gasteiger partial charge in [0.1, 0.15) is 6.20 Å². The van der Waals surface area contributed by atoms with E-state index >= 15 is 0 Å². The number of aromatic nitrogens is 2. The molecule has 116 valence electrons. The molecule has 0 bridgehead atoms. The summed E-state index contributed by atoms with van der Waals surface area (Å²) in [6.45, 7) is 4.90. The Morgan fingerprint density at radius 2 is 2.19 bits per heavy atom. The van der Waals surface area contributed by atoms with Gasteiger partial charge in [0.15, 0.2) is 0 Å². The first-order valence-corrected chi connectivity index (χ1v) is 7.02. The van der Waals surface area contributed by atoms with Gasteiger partial charge in [0, 0.05) is 32.6 Å². The standard InChI is InChI=1S/C13H21N5O3/c1-10(19)15-13(2)5-4-7-17(8-6-13)12-11(18(20)21)9-14-16(12)3/h9H,4-8H2,1-3H3,(H,15,19)/t13-/m0/s1. The Hall–Kier alpha value is -2.12. The van der Waals surface area contributed by atoms with Crippen molar-refractivity contribution in [2.24, 2.45) is 7.05 Å². The summed E-state index contributed by atoms with van der Waals surface area (Å²) in [5, 5.41) is 18.1. The lowest BCUT2D eigenvalue weighted by Crippen LogP contribution is -2.45. The third-order valence-electron chi connectivity index (χ3n) is 3.95. The second kappa shape index (κ2) is 5.71. The molecule has 1 atom stereocenters. The Labute approximate surface area is 123 Å². The summed E-state index contributed by atoms with van der Waals surface area (Å²) >= 11 is 0. The van der Waals surface area contributed by atoms with Crippen LogP contribution in [-0.4, -0.2) is 39.2 Å². The fourth-order valence-electron chi connectivity index (χ4n) is 2.96. The van der Waals surface area contributed by atoms with E-state index in [0.717, 1.165) is 25.8 Å². The van der Waals surface area contributed by atoms with Gasteiger partial charge < -0.3 is 10.2 Å². The predicted octanol–water partition coefficient (Wildman–Crippen LogP) is 1.21. The maximum absolute atomic E-state index is 11.3. The highest BCUT2D eigenvalue weighted by molar-refractivity contribution is 5.73. The Balaban J connectivity index is 2.19. The predicted molar refractivity (Wildman–Crippen MR) is 78.1 cm³/mol. The van der Waals surface area contributed by atoms with Crippen molar-refractivity contribution in [3.63, 3.8) is 0 Å². The van der Waals surface area contributed by atoms with Crippen LogP contribution in [0.25, 0.3) is 0 Å². The normalized spacial score (nSPS) is 22.7. The van der Waals surface area contributed by atoms with Gasteiger partial charge in [-0.05, 0) is 26.2 Å². The molecular weight excluding hydrogens is 274 g/mol. The highest BCUT2D eigenvalue weighted by Gasteiger charge is 2.32. The zero-order valence-electron chi connectivity index (χ0n) is 12.6. The molecule has 1 fully saturated rings. The van der Waals surface area contributed by atoms with E-state index in [-0.39, 0.29) is 17.1 Å². The van der Waals surface area contributed by atoms with Gasteiger partial charge in [-0.2, -0.15) is 5.10 Å². The zero-order valence-corrected chi connectivity index (χ0v) is 12.6. The van der Waals surface area contributed by atoms with Gasteiger partial charge in [0.25, 0.3) is 0 Å². The average molecular weight is 295 g/mol. The largest absolute Gasteiger partial charge is 0.351 e. The van der Waals surface area contributed by atoms with E-state index in [2.05, 4.69) is 10.4 Å². The summed E-state index contributed by atoms with van der Waals surface area (Å²) < 4.78 is 1.54. The first kappa shape index (κ1) is 15.3. The molecule has 1 saturated heterocycles. The number of rotatable bonds is 3. The Morgan fingerprint density at radius 1 is 1.48 bits per heavy atom. The quantitative estimate of drug-likeness (QED) is 0.668. The number of aryl methyl sites for hydroxylation is 1. The van der Waals surface area contributed by atoms with Crippen molar-refractivity contribution in [1.82, 2.24) is 15.1 Å². The van der Waals surface area contributed by atoms with Crippen LogP contribution in [0.1, 0.15) is 33.1 Å². The smallest absolute Gasteiger partial charge is 0.331 e. The molecule has 2 heterocycles. The van der Waals surface area contributed by atoms with Crippen molar-refractivity contribution in [3.05, 3.63) is 16.3 Å². The fourth-order valence-corrected chi connectivity index (χ4v) is 2.96. The van der Waals surface area contributed by atoms with Gasteiger partial charge >= 0.3 is 5.69 Å². The zero-order chi connectivity index (χ0) is 15.6. The molecule has 21 heavy (non-hydrogen) atoms. The van der Waals surface area contributed by atoms with E-state index in [1.807, 2.05) is 11.8 Å². The molecule has 1 aromatic rings. The van der Waals surface area contributed by atoms with E-state index < -0.39 is 4.92 Å². The summed E-state index contributed by atoms with van der Waals surface area (Å²) in [6, 6.07) is 0. The molecule has 0 radical (unpaired) electrons. The molecule has 0 unspecified atom stereocenters. The second-order valence-corrected chi connectivity index (χ2v) is 5.82. The van der Waals surface area contributed by atoms with Crippen LogP contribution in [0.2, 0.25) is 0 Å². The lowest BCUT2D eigenvalue weighted by molar-refractivity contribution is -0.384. The number of nitro groups is 1. The van der Waals surface area contributed by atoms with Crippen molar-refractivity contribution in [1.29, 1.82) is 0 Å². The number of carbonyl (C=O) groups is 1. The lowest BCUT2D eigenvalue weighted by atomic mass is 9.93. The Bertz CT molecular complexity index is 556. The van der Waals surface area contributed by atoms with Crippen LogP contribution in [0.4, 0.5) is 11.5 Å². The van der Waals surface area contributed by atoms with Crippen LogP contribution in [0.15, 0.2) is 6.20 Å². The Morgan fingerprint density at radius 3 is 2.81 bits per heavy atom. The molecule has 8 heteroatoms. The average Bonchev–Trinajstić information content (AvgIpc) is 2.65. The minimum Gasteiger partial charge on any atom is -0.351 e. The van der Waals surface area contributed by atoms with E-state index in [0.29, 0.717) is 12.4 Å². The monoisotopic (exact) mass is 295 g/mol. The fraction of sp³-hybridized carbons (Fsp3) is 0.692. The molecule has 1 N–H and O–H groups in total. The van der Waals surface area contributed by atoms with Gasteiger partial charge in [-0.25, -0.2) is 4.68 Å². The summed E-state index contributed by atoms with van der Waals surface area (Å²) in [5.74, 6) is 0.490. The number of nitrogens with one attached hydrogen (secondary N) is 1. The molecule has 1 aromatic heterocycles. The van der Waals surface area contributed by atoms with Crippen molar-refractivity contribution >= 4 is 17.4 Å². The second-order valence-electron chi connectivity index (χ2n) is 5.82. The van der Waals surface area contributed by atoms with Gasteiger partial charge in [-0.1, -0.05) is 0 Å². The SMILES string of the molecule is CC(=O)N[C@@]1(C)CCCN(c2c([N+](=O)[O-])cnn2C)CC1. The van der Waals surface area contributed by atoms with Gasteiger partial charge in [0.2, 0.25) is 11.7 Å². The summed E-state index contributed by atoms with van der Waals surface area (Å²) in [4.78, 5) is 24.0. The van der Waals surface area contributed by atoms with Crippen molar-refractivity contribution in [3.8, 4) is 0 Å². The molecular formula is C13H21N5O3. The lowest BCUT2D eigenvalue weighted by Gasteiger charge is -2.29. The summed E-state index contributed by atoms with van der Waals surface area (Å²) in [7, 11) is 1.71. The van der Waals surface area contributed by atoms with Crippen LogP contribution in [0.5, 0.6) is 0 Å². The third-order valence-corrected chi connectivity index (χ3v) is 3.95. The third kappa shape index (κ3) is 3.32. The number of carbonyl (C=O) groups excluding carboxylic acids is 1. The first-order chi connectivity index (χ1) is 9.82. The van der Waals surface area contributed by atoms with Crippen LogP contribution >= 0.6 is 0 Å². The minimum absolute atomic E-state index is 0.0284. The van der Waals surface area contributed by atoms with Gasteiger partial charge in [-0.3, -0.25) is 14.9 Å². The van der Waals surface area contributed by atoms with Crippen LogP contribution < -0.4 is 10.2 Å². The molecule has 8 nitrogen and oxygen atoms in total. The molecule has 0 saturated carbocycles. The first-order valence-electron chi connectivity index (χ1n) is 7.02. The molecule has 0 spiro atoms. The summed E-state index contributed by atoms with van der Waals surface area (Å²) in [6.07, 6.45) is 3.75. The Kier molecular flexibility index (Phi) is 4.15. The van der Waals surface area contributed by atoms with Gasteiger partial charge in [0.05, 0.1) is 4.92 Å². The minimum atomic E-state index is -0.403. The number of anilines is 1. The number of hydrogen-bond donors (Lipinski definition) is 1. The molecule has 1 aliphatic heterocycles. The molecule has 0 aromatic carbocycles. The molecule has 2 rings (SSSR count). The van der Waals surface area contributed by atoms with Crippen LogP contribution in [0, 0.1) is 10.1 Å². The highest BCUT2D eigenvalue weighted by Crippen LogP contribution is 2.31. The van der Waals surface area contributed by atoms with E-state index in [1.165, 1.54) is 13.1 Å². The topological polar surface area (TPSA) is 93.3 Å². The number of hydrogen-bond acceptors (Lipinski definition) is 5. The van der Waals surface area contributed by atoms with Crippen LogP contribution in [-0.2, 0) is 11.8 Å². The number of amides is 1. The van der Waals surface area contributed by atoms with Crippen molar-refractivity contribution < 1.29 is 9.72 Å². The molecule has 0 aliphatic carbocycles. The van der Waals surface area contributed by atoms with E-state index in [4.69, 9.17) is 0 Å². The van der Waals surface area contributed by atoms with Crippen LogP contribution in [0.3, 0.4) is 0 Å². The van der Waals surface area contributed by atoms with E-state index in [1.54, 1.807) is 11.7 Å². The van der Waals surface area contributed by atoms with Crippen molar-refractivity contribution in [2.45, 2.75) is 38.6 Å². The highest BCUT2D eigenvalue weighted by atomic mass is 16.6. The molecule has 1 aliphatic rings. The van der Waals surface area contributed by atoms with Gasteiger partial charge in [-0.15, -0.1) is 0 Å². The number of nitrogens with zero attached hydrogens (tertiary/aromatic N) is 4. The van der Waals surface area contributed by atoms with E-state index in [9.17, 15) is 14.9 Å². The maximum Gasteiger partial charge on any atom is 0.331 e. The maximum atomic E-state index is 11.3. The molecule has 1 amide bonds. The van der Waals surface area contributed by atoms with Crippen molar-refractivity contribution in [2.75, 3.05) is 18.0 Å².